The number of urea groups is 1. The highest BCUT2D eigenvalue weighted by molar-refractivity contribution is 7.91. The van der Waals surface area contributed by atoms with Crippen LogP contribution in [0, 0.1) is 0 Å². The maximum atomic E-state index is 11.7. The summed E-state index contributed by atoms with van der Waals surface area (Å²) in [7, 11) is -3.70. The third-order valence-electron chi connectivity index (χ3n) is 2.44. The monoisotopic (exact) mass is 345 g/mol. The van der Waals surface area contributed by atoms with E-state index in [4.69, 9.17) is 16.7 Å². The Balaban J connectivity index is 1.89. The van der Waals surface area contributed by atoms with Crippen LogP contribution in [0.5, 0.6) is 0 Å². The molecule has 0 spiro atoms. The van der Waals surface area contributed by atoms with E-state index >= 15 is 0 Å². The molecular weight excluding hydrogens is 334 g/mol. The molecule has 112 valence electrons. The molecule has 0 aliphatic rings. The van der Waals surface area contributed by atoms with Crippen molar-refractivity contribution in [1.82, 2.24) is 5.32 Å². The number of thiophene rings is 1. The van der Waals surface area contributed by atoms with E-state index in [1.807, 2.05) is 0 Å². The fraction of sp³-hybridized carbons (Fsp3) is 0.0833. The molecule has 0 bridgehead atoms. The van der Waals surface area contributed by atoms with Gasteiger partial charge in [0.25, 0.3) is 0 Å². The molecule has 9 heteroatoms. The van der Waals surface area contributed by atoms with Crippen LogP contribution in [-0.4, -0.2) is 14.4 Å². The highest BCUT2D eigenvalue weighted by Crippen LogP contribution is 2.20. The summed E-state index contributed by atoms with van der Waals surface area (Å²) in [6.45, 7) is 0.208. The quantitative estimate of drug-likeness (QED) is 0.792. The van der Waals surface area contributed by atoms with Gasteiger partial charge >= 0.3 is 6.03 Å². The lowest BCUT2D eigenvalue weighted by atomic mass is 10.3. The smallest absolute Gasteiger partial charge is 0.319 e. The van der Waals surface area contributed by atoms with Crippen LogP contribution in [0.3, 0.4) is 0 Å². The molecule has 0 saturated heterocycles. The van der Waals surface area contributed by atoms with Gasteiger partial charge in [-0.25, -0.2) is 18.4 Å². The first kappa shape index (κ1) is 15.8. The largest absolute Gasteiger partial charge is 0.333 e. The minimum atomic E-state index is -3.70. The lowest BCUT2D eigenvalue weighted by Crippen LogP contribution is -2.27. The van der Waals surface area contributed by atoms with E-state index < -0.39 is 16.1 Å². The zero-order valence-electron chi connectivity index (χ0n) is 10.7. The summed E-state index contributed by atoms with van der Waals surface area (Å²) in [4.78, 5) is 12.4. The molecule has 0 radical (unpaired) electrons. The maximum Gasteiger partial charge on any atom is 0.319 e. The molecule has 1 aromatic carbocycles. The standard InChI is InChI=1S/C12H12ClN3O3S2/c13-8-1-3-9(4-2-8)16-12(17)15-7-10-5-6-11(20-10)21(14,18)19/h1-6H,7H2,(H2,14,18,19)(H2,15,16,17). The summed E-state index contributed by atoms with van der Waals surface area (Å²) in [5, 5.41) is 10.8. The van der Waals surface area contributed by atoms with Gasteiger partial charge in [0.15, 0.2) is 0 Å². The highest BCUT2D eigenvalue weighted by Gasteiger charge is 2.11. The van der Waals surface area contributed by atoms with Gasteiger partial charge in [-0.1, -0.05) is 11.6 Å². The van der Waals surface area contributed by atoms with Crippen LogP contribution in [0.15, 0.2) is 40.6 Å². The number of primary sulfonamides is 1. The molecule has 0 atom stereocenters. The topological polar surface area (TPSA) is 101 Å². The Labute approximate surface area is 131 Å². The van der Waals surface area contributed by atoms with E-state index in [0.717, 1.165) is 11.3 Å². The lowest BCUT2D eigenvalue weighted by Gasteiger charge is -2.06. The number of sulfonamides is 1. The molecule has 1 aromatic heterocycles. The zero-order chi connectivity index (χ0) is 15.5. The molecule has 6 nitrogen and oxygen atoms in total. The number of carbonyl (C=O) groups is 1. The van der Waals surface area contributed by atoms with Gasteiger partial charge in [-0.15, -0.1) is 11.3 Å². The Bertz CT molecular complexity index is 741. The summed E-state index contributed by atoms with van der Waals surface area (Å²) >= 11 is 6.76. The summed E-state index contributed by atoms with van der Waals surface area (Å²) in [5.41, 5.74) is 0.605. The average Bonchev–Trinajstić information content (AvgIpc) is 2.88. The molecule has 0 saturated carbocycles. The molecule has 2 rings (SSSR count). The van der Waals surface area contributed by atoms with Gasteiger partial charge in [-0.3, -0.25) is 0 Å². The van der Waals surface area contributed by atoms with Crippen molar-refractivity contribution in [3.05, 3.63) is 46.3 Å². The lowest BCUT2D eigenvalue weighted by molar-refractivity contribution is 0.252. The Hall–Kier alpha value is -1.61. The van der Waals surface area contributed by atoms with Crippen LogP contribution in [0.2, 0.25) is 5.02 Å². The van der Waals surface area contributed by atoms with Crippen LogP contribution in [0.4, 0.5) is 10.5 Å². The van der Waals surface area contributed by atoms with E-state index in [1.54, 1.807) is 30.3 Å². The van der Waals surface area contributed by atoms with Crippen LogP contribution in [0.1, 0.15) is 4.88 Å². The summed E-state index contributed by atoms with van der Waals surface area (Å²) in [6.07, 6.45) is 0. The highest BCUT2D eigenvalue weighted by atomic mass is 35.5. The van der Waals surface area contributed by atoms with Crippen molar-refractivity contribution in [2.24, 2.45) is 5.14 Å². The molecule has 21 heavy (non-hydrogen) atoms. The van der Waals surface area contributed by atoms with Gasteiger partial charge in [0.2, 0.25) is 10.0 Å². The van der Waals surface area contributed by atoms with Crippen LogP contribution < -0.4 is 15.8 Å². The number of anilines is 1. The van der Waals surface area contributed by atoms with Crippen molar-refractivity contribution in [2.75, 3.05) is 5.32 Å². The molecular formula is C12H12ClN3O3S2. The van der Waals surface area contributed by atoms with Crippen LogP contribution in [-0.2, 0) is 16.6 Å². The van der Waals surface area contributed by atoms with Gasteiger partial charge in [0, 0.05) is 15.6 Å². The molecule has 2 amide bonds. The first-order valence-corrected chi connectivity index (χ1v) is 8.50. The van der Waals surface area contributed by atoms with Crippen molar-refractivity contribution < 1.29 is 13.2 Å². The number of halogens is 1. The third-order valence-corrected chi connectivity index (χ3v) is 5.22. The summed E-state index contributed by atoms with van der Waals surface area (Å²) in [5.74, 6) is 0. The number of amides is 2. The molecule has 0 aliphatic heterocycles. The normalized spacial score (nSPS) is 11.1. The van der Waals surface area contributed by atoms with Gasteiger partial charge in [-0.2, -0.15) is 0 Å². The second kappa shape index (κ2) is 6.44. The number of nitrogens with one attached hydrogen (secondary N) is 2. The SMILES string of the molecule is NS(=O)(=O)c1ccc(CNC(=O)Nc2ccc(Cl)cc2)s1. The number of hydrogen-bond acceptors (Lipinski definition) is 4. The van der Waals surface area contributed by atoms with E-state index in [1.165, 1.54) is 6.07 Å². The van der Waals surface area contributed by atoms with E-state index in [-0.39, 0.29) is 10.8 Å². The van der Waals surface area contributed by atoms with Crippen LogP contribution >= 0.6 is 22.9 Å². The fourth-order valence-electron chi connectivity index (χ4n) is 1.48. The second-order valence-corrected chi connectivity index (χ2v) is 7.47. The summed E-state index contributed by atoms with van der Waals surface area (Å²) in [6, 6.07) is 9.28. The minimum Gasteiger partial charge on any atom is -0.333 e. The first-order valence-electron chi connectivity index (χ1n) is 5.76. The molecule has 0 unspecified atom stereocenters. The number of rotatable bonds is 4. The molecule has 0 aliphatic carbocycles. The van der Waals surface area contributed by atoms with E-state index in [0.29, 0.717) is 15.6 Å². The zero-order valence-corrected chi connectivity index (χ0v) is 13.1. The van der Waals surface area contributed by atoms with E-state index in [2.05, 4.69) is 10.6 Å². The molecule has 1 heterocycles. The van der Waals surface area contributed by atoms with Gasteiger partial charge < -0.3 is 10.6 Å². The minimum absolute atomic E-state index is 0.0670. The van der Waals surface area contributed by atoms with Crippen molar-refractivity contribution in [1.29, 1.82) is 0 Å². The van der Waals surface area contributed by atoms with Gasteiger partial charge in [0.05, 0.1) is 6.54 Å². The Morgan fingerprint density at radius 2 is 1.86 bits per heavy atom. The molecule has 4 N–H and O–H groups in total. The predicted octanol–water partition coefficient (Wildman–Crippen LogP) is 2.37. The van der Waals surface area contributed by atoms with Crippen LogP contribution in [0.25, 0.3) is 0 Å². The number of hydrogen-bond donors (Lipinski definition) is 3. The van der Waals surface area contributed by atoms with Crippen molar-refractivity contribution in [3.8, 4) is 0 Å². The summed E-state index contributed by atoms with van der Waals surface area (Å²) < 4.78 is 22.3. The second-order valence-electron chi connectivity index (χ2n) is 4.08. The van der Waals surface area contributed by atoms with Crippen molar-refractivity contribution >= 4 is 44.7 Å². The molecule has 2 aromatic rings. The van der Waals surface area contributed by atoms with Gasteiger partial charge in [0.1, 0.15) is 4.21 Å². The predicted molar refractivity (Wildman–Crippen MR) is 83.0 cm³/mol. The molecule has 0 fully saturated rings. The Morgan fingerprint density at radius 3 is 2.43 bits per heavy atom. The first-order chi connectivity index (χ1) is 9.84. The third kappa shape index (κ3) is 4.71. The maximum absolute atomic E-state index is 11.7. The number of nitrogens with two attached hydrogens (primary N) is 1. The average molecular weight is 346 g/mol. The number of benzene rings is 1. The van der Waals surface area contributed by atoms with E-state index in [9.17, 15) is 13.2 Å². The Morgan fingerprint density at radius 1 is 1.19 bits per heavy atom. The van der Waals surface area contributed by atoms with Gasteiger partial charge in [-0.05, 0) is 36.4 Å². The Kier molecular flexibility index (Phi) is 4.84. The van der Waals surface area contributed by atoms with Crippen molar-refractivity contribution in [3.63, 3.8) is 0 Å². The van der Waals surface area contributed by atoms with Crippen molar-refractivity contribution in [2.45, 2.75) is 10.8 Å². The fourth-order valence-corrected chi connectivity index (χ4v) is 3.33. The number of carbonyl (C=O) groups excluding carboxylic acids is 1.